The molecule has 0 amide bonds. The molecule has 3 aromatic rings. The van der Waals surface area contributed by atoms with Crippen LogP contribution in [0.1, 0.15) is 41.6 Å². The van der Waals surface area contributed by atoms with E-state index in [1.54, 1.807) is 0 Å². The summed E-state index contributed by atoms with van der Waals surface area (Å²) in [4.78, 5) is 24.7. The van der Waals surface area contributed by atoms with Crippen molar-refractivity contribution in [3.63, 3.8) is 0 Å². The fraction of sp³-hybridized carbons (Fsp3) is 0.400. The smallest absolute Gasteiger partial charge is 0.381 e. The van der Waals surface area contributed by atoms with Crippen LogP contribution in [0.5, 0.6) is 0 Å². The Morgan fingerprint density at radius 1 is 1.08 bits per heavy atom. The molecule has 1 saturated heterocycles. The van der Waals surface area contributed by atoms with E-state index in [-0.39, 0.29) is 35.4 Å². The Balaban J connectivity index is 1.38. The Morgan fingerprint density at radius 3 is 2.58 bits per heavy atom. The summed E-state index contributed by atoms with van der Waals surface area (Å²) >= 11 is 1.00. The molecule has 202 valence electrons. The molecule has 0 radical (unpaired) electrons. The van der Waals surface area contributed by atoms with Gasteiger partial charge in [0, 0.05) is 30.7 Å². The maximum absolute atomic E-state index is 15.4. The molecule has 1 aliphatic heterocycles. The van der Waals surface area contributed by atoms with Gasteiger partial charge in [0.2, 0.25) is 5.78 Å². The number of aromatic nitrogens is 3. The summed E-state index contributed by atoms with van der Waals surface area (Å²) in [6, 6.07) is 2.18. The van der Waals surface area contributed by atoms with Crippen LogP contribution >= 0.6 is 11.9 Å². The van der Waals surface area contributed by atoms with Gasteiger partial charge in [0.05, 0.1) is 28.1 Å². The van der Waals surface area contributed by atoms with Crippen LogP contribution in [0.15, 0.2) is 36.8 Å². The van der Waals surface area contributed by atoms with Crippen molar-refractivity contribution in [2.24, 2.45) is 5.92 Å². The highest BCUT2D eigenvalue weighted by Crippen LogP contribution is 2.37. The monoisotopic (exact) mass is 553 g/mol. The molecule has 1 fully saturated rings. The second-order valence-corrected chi connectivity index (χ2v) is 10.2. The number of halogens is 5. The lowest BCUT2D eigenvalue weighted by molar-refractivity contribution is -0.163. The molecule has 5 rings (SSSR count). The third kappa shape index (κ3) is 5.48. The van der Waals surface area contributed by atoms with Gasteiger partial charge in [0.25, 0.3) is 0 Å². The van der Waals surface area contributed by atoms with Crippen LogP contribution in [0.4, 0.5) is 33.5 Å². The predicted molar refractivity (Wildman–Crippen MR) is 134 cm³/mol. The van der Waals surface area contributed by atoms with Gasteiger partial charge < -0.3 is 19.8 Å². The average Bonchev–Trinajstić information content (AvgIpc) is 3.34. The standard InChI is InChI=1S/C25H24F5N5O2S/c26-17-5-6-18(35-38-15-3-1-13(2-4-15)25(28,29)30)21(27)20(17)22(36)16-11-31-23-19(16)24(33-12-32-23)34-14-7-9-37-10-8-14/h1,3,5-6,11-15,35H,2,4,7-10H2,(H2,31,32,33,34). The molecule has 7 nitrogen and oxygen atoms in total. The summed E-state index contributed by atoms with van der Waals surface area (Å²) in [7, 11) is 0. The van der Waals surface area contributed by atoms with Crippen LogP contribution < -0.4 is 10.0 Å². The number of hydrogen-bond acceptors (Lipinski definition) is 7. The summed E-state index contributed by atoms with van der Waals surface area (Å²) < 4.78 is 77.0. The number of alkyl halides is 3. The molecule has 3 heterocycles. The number of aromatic amines is 1. The number of anilines is 2. The van der Waals surface area contributed by atoms with Crippen molar-refractivity contribution in [2.75, 3.05) is 23.3 Å². The topological polar surface area (TPSA) is 91.9 Å². The van der Waals surface area contributed by atoms with E-state index in [4.69, 9.17) is 4.74 Å². The van der Waals surface area contributed by atoms with Gasteiger partial charge in [-0.15, -0.1) is 0 Å². The van der Waals surface area contributed by atoms with E-state index in [0.717, 1.165) is 43.0 Å². The minimum atomic E-state index is -4.30. The average molecular weight is 554 g/mol. The summed E-state index contributed by atoms with van der Waals surface area (Å²) in [5.74, 6) is -4.16. The number of allylic oxidation sites excluding steroid dienone is 1. The van der Waals surface area contributed by atoms with E-state index in [1.165, 1.54) is 18.6 Å². The number of nitrogens with zero attached hydrogens (tertiary/aromatic N) is 2. The highest BCUT2D eigenvalue weighted by atomic mass is 32.2. The van der Waals surface area contributed by atoms with Crippen molar-refractivity contribution in [3.8, 4) is 0 Å². The first-order chi connectivity index (χ1) is 18.2. The summed E-state index contributed by atoms with van der Waals surface area (Å²) in [5, 5.41) is 3.26. The maximum atomic E-state index is 15.4. The largest absolute Gasteiger partial charge is 0.395 e. The van der Waals surface area contributed by atoms with Gasteiger partial charge in [-0.2, -0.15) is 13.2 Å². The lowest BCUT2D eigenvalue weighted by atomic mass is 9.95. The number of ether oxygens (including phenoxy) is 1. The number of nitrogens with one attached hydrogen (secondary N) is 3. The number of H-pyrrole nitrogens is 1. The molecule has 1 aromatic carbocycles. The van der Waals surface area contributed by atoms with Crippen LogP contribution in [0.2, 0.25) is 0 Å². The normalized spacial score (nSPS) is 20.6. The van der Waals surface area contributed by atoms with Gasteiger partial charge in [-0.25, -0.2) is 18.7 Å². The molecule has 2 aromatic heterocycles. The van der Waals surface area contributed by atoms with Crippen molar-refractivity contribution in [3.05, 3.63) is 59.6 Å². The highest BCUT2D eigenvalue weighted by molar-refractivity contribution is 8.01. The molecule has 38 heavy (non-hydrogen) atoms. The maximum Gasteiger partial charge on any atom is 0.395 e. The zero-order chi connectivity index (χ0) is 26.9. The van der Waals surface area contributed by atoms with Crippen molar-refractivity contribution >= 4 is 40.3 Å². The number of ketones is 1. The molecule has 3 N–H and O–H groups in total. The molecule has 2 aliphatic rings. The van der Waals surface area contributed by atoms with Crippen LogP contribution in [-0.2, 0) is 4.74 Å². The summed E-state index contributed by atoms with van der Waals surface area (Å²) in [5.41, 5.74) is -0.563. The highest BCUT2D eigenvalue weighted by Gasteiger charge is 2.39. The first-order valence-electron chi connectivity index (χ1n) is 12.1. The van der Waals surface area contributed by atoms with Crippen LogP contribution in [0.3, 0.4) is 0 Å². The Bertz CT molecular complexity index is 1360. The quantitative estimate of drug-likeness (QED) is 0.143. The van der Waals surface area contributed by atoms with E-state index in [1.807, 2.05) is 0 Å². The van der Waals surface area contributed by atoms with Gasteiger partial charge >= 0.3 is 6.18 Å². The lowest BCUT2D eigenvalue weighted by Crippen LogP contribution is -2.28. The van der Waals surface area contributed by atoms with Crippen molar-refractivity contribution in [1.82, 2.24) is 15.0 Å². The van der Waals surface area contributed by atoms with Gasteiger partial charge in [-0.3, -0.25) is 4.79 Å². The van der Waals surface area contributed by atoms with Crippen molar-refractivity contribution in [2.45, 2.75) is 43.2 Å². The van der Waals surface area contributed by atoms with Crippen LogP contribution in [0, 0.1) is 17.6 Å². The molecule has 2 atom stereocenters. The zero-order valence-electron chi connectivity index (χ0n) is 19.9. The number of carbonyl (C=O) groups is 1. The predicted octanol–water partition coefficient (Wildman–Crippen LogP) is 6.02. The minimum Gasteiger partial charge on any atom is -0.381 e. The molecule has 0 bridgehead atoms. The Hall–Kier alpha value is -3.19. The molecule has 1 aliphatic carbocycles. The molecular weight excluding hydrogens is 529 g/mol. The van der Waals surface area contributed by atoms with E-state index in [9.17, 15) is 22.4 Å². The number of fused-ring (bicyclic) bond motifs is 1. The van der Waals surface area contributed by atoms with Crippen molar-refractivity contribution in [1.29, 1.82) is 0 Å². The van der Waals surface area contributed by atoms with E-state index < -0.39 is 35.1 Å². The first-order valence-corrected chi connectivity index (χ1v) is 13.0. The van der Waals surface area contributed by atoms with Gasteiger partial charge in [0.15, 0.2) is 5.82 Å². The van der Waals surface area contributed by atoms with E-state index in [0.29, 0.717) is 30.1 Å². The number of hydrogen-bond donors (Lipinski definition) is 3. The molecule has 0 spiro atoms. The van der Waals surface area contributed by atoms with Gasteiger partial charge in [-0.1, -0.05) is 12.2 Å². The fourth-order valence-corrected chi connectivity index (χ4v) is 5.42. The van der Waals surface area contributed by atoms with Crippen LogP contribution in [0.25, 0.3) is 11.0 Å². The first kappa shape index (κ1) is 26.4. The second-order valence-electron chi connectivity index (χ2n) is 9.16. The Morgan fingerprint density at radius 2 is 1.87 bits per heavy atom. The fourth-order valence-electron chi connectivity index (χ4n) is 4.57. The SMILES string of the molecule is O=C(c1c(F)ccc(NSC2C=CC(C(F)(F)F)CC2)c1F)c1c[nH]c2ncnc(NC3CCOCC3)c12. The van der Waals surface area contributed by atoms with Gasteiger partial charge in [-0.05, 0) is 49.8 Å². The minimum absolute atomic E-state index is 0.00571. The molecular formula is C25H24F5N5O2S. The zero-order valence-corrected chi connectivity index (χ0v) is 20.8. The van der Waals surface area contributed by atoms with Crippen molar-refractivity contribution < 1.29 is 31.5 Å². The molecule has 13 heteroatoms. The number of rotatable bonds is 7. The molecule has 0 saturated carbocycles. The second kappa shape index (κ2) is 10.9. The Labute approximate surface area is 218 Å². The Kier molecular flexibility index (Phi) is 7.57. The van der Waals surface area contributed by atoms with Gasteiger partial charge in [0.1, 0.15) is 23.6 Å². The number of benzene rings is 1. The number of carbonyl (C=O) groups excluding carboxylic acids is 1. The third-order valence-corrected chi connectivity index (χ3v) is 7.69. The molecule has 2 unspecified atom stereocenters. The lowest BCUT2D eigenvalue weighted by Gasteiger charge is -2.24. The van der Waals surface area contributed by atoms with Crippen LogP contribution in [-0.4, -0.2) is 51.4 Å². The summed E-state index contributed by atoms with van der Waals surface area (Å²) in [6.07, 6.45) is 2.51. The summed E-state index contributed by atoms with van der Waals surface area (Å²) in [6.45, 7) is 1.16. The van der Waals surface area contributed by atoms with E-state index >= 15 is 4.39 Å². The van der Waals surface area contributed by atoms with E-state index in [2.05, 4.69) is 25.0 Å². The third-order valence-electron chi connectivity index (χ3n) is 6.66.